The van der Waals surface area contributed by atoms with Crippen LogP contribution < -0.4 is 5.32 Å². The van der Waals surface area contributed by atoms with E-state index in [2.05, 4.69) is 60.8 Å². The summed E-state index contributed by atoms with van der Waals surface area (Å²) in [7, 11) is 0. The second-order valence-electron chi connectivity index (χ2n) is 5.80. The highest BCUT2D eigenvalue weighted by Gasteiger charge is 2.19. The Morgan fingerprint density at radius 2 is 1.75 bits per heavy atom. The van der Waals surface area contributed by atoms with E-state index < -0.39 is 0 Å². The lowest BCUT2D eigenvalue weighted by Crippen LogP contribution is -2.15. The summed E-state index contributed by atoms with van der Waals surface area (Å²) in [6.45, 7) is 3.22. The monoisotopic (exact) mass is 265 g/mol. The molecule has 0 amide bonds. The van der Waals surface area contributed by atoms with Crippen LogP contribution in [0.4, 0.5) is 0 Å². The molecule has 0 saturated heterocycles. The maximum atomic E-state index is 3.58. The number of aryl methyl sites for hydroxylation is 1. The minimum atomic E-state index is 0.770. The first kappa shape index (κ1) is 13.4. The van der Waals surface area contributed by atoms with E-state index in [1.54, 1.807) is 0 Å². The molecule has 1 fully saturated rings. The van der Waals surface area contributed by atoms with Crippen molar-refractivity contribution in [3.05, 3.63) is 59.7 Å². The summed E-state index contributed by atoms with van der Waals surface area (Å²) in [4.78, 5) is 0. The normalized spacial score (nSPS) is 14.4. The minimum absolute atomic E-state index is 0.770. The van der Waals surface area contributed by atoms with Crippen LogP contribution in [0.15, 0.2) is 48.5 Å². The largest absolute Gasteiger partial charge is 0.310 e. The molecule has 1 N–H and O–H groups in total. The van der Waals surface area contributed by atoms with Crippen LogP contribution in [0.2, 0.25) is 0 Å². The van der Waals surface area contributed by atoms with Crippen molar-refractivity contribution in [2.75, 3.05) is 0 Å². The molecule has 0 aliphatic heterocycles. The molecule has 104 valence electrons. The van der Waals surface area contributed by atoms with Crippen molar-refractivity contribution in [1.82, 2.24) is 5.32 Å². The van der Waals surface area contributed by atoms with Crippen molar-refractivity contribution in [2.24, 2.45) is 0 Å². The number of nitrogens with one attached hydrogen (secondary N) is 1. The van der Waals surface area contributed by atoms with Crippen molar-refractivity contribution in [3.63, 3.8) is 0 Å². The lowest BCUT2D eigenvalue weighted by Gasteiger charge is -2.07. The molecule has 3 rings (SSSR count). The van der Waals surface area contributed by atoms with Crippen LogP contribution in [0, 0.1) is 0 Å². The van der Waals surface area contributed by atoms with E-state index in [1.807, 2.05) is 0 Å². The highest BCUT2D eigenvalue weighted by atomic mass is 14.9. The first-order valence-corrected chi connectivity index (χ1v) is 7.77. The second kappa shape index (κ2) is 6.23. The Morgan fingerprint density at radius 1 is 0.950 bits per heavy atom. The molecular weight excluding hydrogens is 242 g/mol. The van der Waals surface area contributed by atoms with Crippen LogP contribution >= 0.6 is 0 Å². The van der Waals surface area contributed by atoms with Crippen LogP contribution in [0.3, 0.4) is 0 Å². The van der Waals surface area contributed by atoms with Gasteiger partial charge in [0.25, 0.3) is 0 Å². The topological polar surface area (TPSA) is 12.0 Å². The summed E-state index contributed by atoms with van der Waals surface area (Å²) in [6, 6.07) is 18.7. The van der Waals surface area contributed by atoms with Crippen LogP contribution in [-0.4, -0.2) is 6.04 Å². The van der Waals surface area contributed by atoms with Gasteiger partial charge in [0.15, 0.2) is 0 Å². The van der Waals surface area contributed by atoms with E-state index in [9.17, 15) is 0 Å². The fourth-order valence-corrected chi connectivity index (χ4v) is 2.56. The van der Waals surface area contributed by atoms with Gasteiger partial charge in [-0.1, -0.05) is 55.8 Å². The van der Waals surface area contributed by atoms with Crippen LogP contribution in [-0.2, 0) is 13.0 Å². The molecule has 0 bridgehead atoms. The van der Waals surface area contributed by atoms with Crippen molar-refractivity contribution in [1.29, 1.82) is 0 Å². The zero-order chi connectivity index (χ0) is 13.8. The minimum Gasteiger partial charge on any atom is -0.310 e. The maximum absolute atomic E-state index is 3.58. The van der Waals surface area contributed by atoms with Gasteiger partial charge in [-0.15, -0.1) is 0 Å². The Balaban J connectivity index is 1.72. The average molecular weight is 265 g/mol. The van der Waals surface area contributed by atoms with Gasteiger partial charge in [-0.05, 0) is 47.6 Å². The standard InChI is InChI=1S/C19H23N/c1-2-4-15-7-9-17(10-8-15)18-6-3-5-16(13-18)14-20-19-11-12-19/h3,5-10,13,19-20H,2,4,11-12,14H2,1H3. The predicted octanol–water partition coefficient (Wildman–Crippen LogP) is 4.56. The molecule has 1 saturated carbocycles. The van der Waals surface area contributed by atoms with E-state index in [0.717, 1.165) is 12.6 Å². The van der Waals surface area contributed by atoms with E-state index in [1.165, 1.54) is 47.9 Å². The number of rotatable bonds is 6. The molecule has 0 unspecified atom stereocenters. The third-order valence-electron chi connectivity index (χ3n) is 3.93. The average Bonchev–Trinajstić information content (AvgIpc) is 3.31. The highest BCUT2D eigenvalue weighted by molar-refractivity contribution is 5.64. The lowest BCUT2D eigenvalue weighted by molar-refractivity contribution is 0.688. The van der Waals surface area contributed by atoms with E-state index in [-0.39, 0.29) is 0 Å². The zero-order valence-electron chi connectivity index (χ0n) is 12.2. The first-order valence-electron chi connectivity index (χ1n) is 7.77. The molecule has 0 aromatic heterocycles. The van der Waals surface area contributed by atoms with E-state index in [0.29, 0.717) is 0 Å². The Bertz CT molecular complexity index is 552. The van der Waals surface area contributed by atoms with Gasteiger partial charge in [0.2, 0.25) is 0 Å². The number of benzene rings is 2. The summed E-state index contributed by atoms with van der Waals surface area (Å²) < 4.78 is 0. The fraction of sp³-hybridized carbons (Fsp3) is 0.368. The van der Waals surface area contributed by atoms with Crippen molar-refractivity contribution < 1.29 is 0 Å². The third-order valence-corrected chi connectivity index (χ3v) is 3.93. The third kappa shape index (κ3) is 3.49. The van der Waals surface area contributed by atoms with Crippen LogP contribution in [0.25, 0.3) is 11.1 Å². The van der Waals surface area contributed by atoms with Crippen molar-refractivity contribution in [3.8, 4) is 11.1 Å². The Labute approximate surface area is 122 Å². The molecule has 1 nitrogen and oxygen atoms in total. The Morgan fingerprint density at radius 3 is 2.45 bits per heavy atom. The molecule has 2 aromatic rings. The van der Waals surface area contributed by atoms with Gasteiger partial charge in [0, 0.05) is 12.6 Å². The molecule has 1 aliphatic rings. The van der Waals surface area contributed by atoms with Gasteiger partial charge in [-0.25, -0.2) is 0 Å². The Kier molecular flexibility index (Phi) is 4.17. The molecule has 1 aliphatic carbocycles. The van der Waals surface area contributed by atoms with Gasteiger partial charge in [0.05, 0.1) is 0 Å². The van der Waals surface area contributed by atoms with Gasteiger partial charge in [-0.3, -0.25) is 0 Å². The van der Waals surface area contributed by atoms with Gasteiger partial charge in [-0.2, -0.15) is 0 Å². The fourth-order valence-electron chi connectivity index (χ4n) is 2.56. The predicted molar refractivity (Wildman–Crippen MR) is 85.7 cm³/mol. The van der Waals surface area contributed by atoms with Crippen molar-refractivity contribution in [2.45, 2.75) is 45.2 Å². The van der Waals surface area contributed by atoms with Crippen molar-refractivity contribution >= 4 is 0 Å². The second-order valence-corrected chi connectivity index (χ2v) is 5.80. The van der Waals surface area contributed by atoms with Crippen LogP contribution in [0.1, 0.15) is 37.3 Å². The smallest absolute Gasteiger partial charge is 0.0208 e. The Hall–Kier alpha value is -1.60. The maximum Gasteiger partial charge on any atom is 0.0208 e. The zero-order valence-corrected chi connectivity index (χ0v) is 12.2. The van der Waals surface area contributed by atoms with E-state index >= 15 is 0 Å². The van der Waals surface area contributed by atoms with Gasteiger partial charge < -0.3 is 5.32 Å². The van der Waals surface area contributed by atoms with Gasteiger partial charge >= 0.3 is 0 Å². The first-order chi connectivity index (χ1) is 9.85. The van der Waals surface area contributed by atoms with Gasteiger partial charge in [0.1, 0.15) is 0 Å². The molecule has 0 radical (unpaired) electrons. The van der Waals surface area contributed by atoms with Crippen LogP contribution in [0.5, 0.6) is 0 Å². The quantitative estimate of drug-likeness (QED) is 0.807. The summed E-state index contributed by atoms with van der Waals surface area (Å²) >= 11 is 0. The SMILES string of the molecule is CCCc1ccc(-c2cccc(CNC3CC3)c2)cc1. The molecule has 1 heteroatoms. The summed E-state index contributed by atoms with van der Waals surface area (Å²) in [5, 5.41) is 3.58. The molecule has 0 heterocycles. The summed E-state index contributed by atoms with van der Waals surface area (Å²) in [6.07, 6.45) is 5.07. The summed E-state index contributed by atoms with van der Waals surface area (Å²) in [5.74, 6) is 0. The molecule has 0 atom stereocenters. The molecular formula is C19H23N. The molecule has 2 aromatic carbocycles. The number of hydrogen-bond acceptors (Lipinski definition) is 1. The number of hydrogen-bond donors (Lipinski definition) is 1. The molecule has 0 spiro atoms. The summed E-state index contributed by atoms with van der Waals surface area (Å²) in [5.41, 5.74) is 5.45. The van der Waals surface area contributed by atoms with E-state index in [4.69, 9.17) is 0 Å². The molecule has 20 heavy (non-hydrogen) atoms. The lowest BCUT2D eigenvalue weighted by atomic mass is 10.0. The highest BCUT2D eigenvalue weighted by Crippen LogP contribution is 2.23.